The molecule has 1 aromatic heterocycles. The standard InChI is InChI=1S/C23H23F3N2O4/c1-4-9-27-21(29)11-16-13(2)28(19-12-18(24)20(31-3)10-17(16)19)22(30)14-5-7-15(8-6-14)32-23(25)26/h5-8,10,12,23H,4,9,11H2,1-3H3,(H,27,29). The molecule has 3 aromatic rings. The van der Waals surface area contributed by atoms with Crippen LogP contribution in [0.1, 0.15) is 35.0 Å². The average molecular weight is 448 g/mol. The third-order valence-corrected chi connectivity index (χ3v) is 5.05. The minimum absolute atomic E-state index is 0.00142. The summed E-state index contributed by atoms with van der Waals surface area (Å²) in [5.41, 5.74) is 1.50. The Labute approximate surface area is 182 Å². The van der Waals surface area contributed by atoms with Crippen molar-refractivity contribution in [3.05, 3.63) is 59.0 Å². The van der Waals surface area contributed by atoms with E-state index in [0.717, 1.165) is 6.42 Å². The Hall–Kier alpha value is -3.49. The number of halogens is 3. The lowest BCUT2D eigenvalue weighted by atomic mass is 10.1. The maximum atomic E-state index is 14.5. The van der Waals surface area contributed by atoms with Crippen molar-refractivity contribution in [2.75, 3.05) is 13.7 Å². The third-order valence-electron chi connectivity index (χ3n) is 5.05. The molecule has 1 N–H and O–H groups in total. The Morgan fingerprint density at radius 3 is 2.44 bits per heavy atom. The molecule has 170 valence electrons. The van der Waals surface area contributed by atoms with Gasteiger partial charge in [0.15, 0.2) is 11.6 Å². The second-order valence-electron chi connectivity index (χ2n) is 7.14. The molecule has 9 heteroatoms. The zero-order valence-corrected chi connectivity index (χ0v) is 17.9. The first kappa shape index (κ1) is 23.2. The fourth-order valence-corrected chi connectivity index (χ4v) is 3.52. The first-order valence-corrected chi connectivity index (χ1v) is 10.0. The van der Waals surface area contributed by atoms with Crippen LogP contribution in [0.25, 0.3) is 10.9 Å². The molecule has 0 fully saturated rings. The molecule has 0 aliphatic carbocycles. The van der Waals surface area contributed by atoms with Crippen molar-refractivity contribution >= 4 is 22.7 Å². The molecule has 0 atom stereocenters. The molecule has 0 aliphatic rings. The van der Waals surface area contributed by atoms with Crippen molar-refractivity contribution in [1.29, 1.82) is 0 Å². The van der Waals surface area contributed by atoms with Crippen LogP contribution in [0, 0.1) is 12.7 Å². The predicted octanol–water partition coefficient (Wildman–Crippen LogP) is 4.46. The van der Waals surface area contributed by atoms with Gasteiger partial charge in [0, 0.05) is 29.3 Å². The fourth-order valence-electron chi connectivity index (χ4n) is 3.52. The lowest BCUT2D eigenvalue weighted by Crippen LogP contribution is -2.26. The van der Waals surface area contributed by atoms with Crippen LogP contribution < -0.4 is 14.8 Å². The lowest BCUT2D eigenvalue weighted by molar-refractivity contribution is -0.120. The van der Waals surface area contributed by atoms with Crippen LogP contribution in [0.5, 0.6) is 11.5 Å². The van der Waals surface area contributed by atoms with Gasteiger partial charge in [0.25, 0.3) is 5.91 Å². The van der Waals surface area contributed by atoms with Gasteiger partial charge in [-0.05, 0) is 49.2 Å². The molecule has 0 spiro atoms. The van der Waals surface area contributed by atoms with E-state index in [9.17, 15) is 22.8 Å². The summed E-state index contributed by atoms with van der Waals surface area (Å²) in [5.74, 6) is -1.48. The quantitative estimate of drug-likeness (QED) is 0.553. The number of nitrogens with one attached hydrogen (secondary N) is 1. The SMILES string of the molecule is CCCNC(=O)Cc1c(C)n(C(=O)c2ccc(OC(F)F)cc2)c2cc(F)c(OC)cc12. The van der Waals surface area contributed by atoms with Gasteiger partial charge in [-0.15, -0.1) is 0 Å². The molecule has 0 saturated heterocycles. The molecule has 0 bridgehead atoms. The van der Waals surface area contributed by atoms with Gasteiger partial charge < -0.3 is 14.8 Å². The van der Waals surface area contributed by atoms with E-state index in [1.54, 1.807) is 6.92 Å². The molecule has 6 nitrogen and oxygen atoms in total. The molecule has 0 saturated carbocycles. The Morgan fingerprint density at radius 2 is 1.84 bits per heavy atom. The monoisotopic (exact) mass is 448 g/mol. The van der Waals surface area contributed by atoms with Crippen LogP contribution in [0.2, 0.25) is 0 Å². The van der Waals surface area contributed by atoms with Crippen LogP contribution in [0.4, 0.5) is 13.2 Å². The molecule has 2 aromatic carbocycles. The first-order chi connectivity index (χ1) is 15.3. The van der Waals surface area contributed by atoms with E-state index in [2.05, 4.69) is 10.1 Å². The Balaban J connectivity index is 2.09. The maximum absolute atomic E-state index is 14.5. The van der Waals surface area contributed by atoms with Gasteiger partial charge in [0.1, 0.15) is 5.75 Å². The van der Waals surface area contributed by atoms with E-state index in [1.807, 2.05) is 6.92 Å². The number of aromatic nitrogens is 1. The van der Waals surface area contributed by atoms with Crippen molar-refractivity contribution < 1.29 is 32.2 Å². The highest BCUT2D eigenvalue weighted by atomic mass is 19.3. The van der Waals surface area contributed by atoms with Gasteiger partial charge in [-0.2, -0.15) is 8.78 Å². The smallest absolute Gasteiger partial charge is 0.387 e. The van der Waals surface area contributed by atoms with E-state index in [1.165, 1.54) is 48.1 Å². The Kier molecular flexibility index (Phi) is 7.07. The van der Waals surface area contributed by atoms with Crippen LogP contribution in [-0.4, -0.2) is 36.6 Å². The van der Waals surface area contributed by atoms with Gasteiger partial charge >= 0.3 is 6.61 Å². The summed E-state index contributed by atoms with van der Waals surface area (Å²) in [5, 5.41) is 3.30. The zero-order chi connectivity index (χ0) is 23.4. The average Bonchev–Trinajstić information content (AvgIpc) is 3.01. The molecule has 1 amide bonds. The lowest BCUT2D eigenvalue weighted by Gasteiger charge is -2.09. The highest BCUT2D eigenvalue weighted by Crippen LogP contribution is 2.32. The number of amides is 1. The molecule has 0 unspecified atom stereocenters. The van der Waals surface area contributed by atoms with Gasteiger partial charge in [0.05, 0.1) is 19.0 Å². The van der Waals surface area contributed by atoms with Gasteiger partial charge in [0.2, 0.25) is 5.91 Å². The minimum atomic E-state index is -2.98. The van der Waals surface area contributed by atoms with Crippen LogP contribution in [0.15, 0.2) is 36.4 Å². The molecule has 0 aliphatic heterocycles. The molecule has 0 radical (unpaired) electrons. The van der Waals surface area contributed by atoms with Crippen molar-refractivity contribution in [2.24, 2.45) is 0 Å². The number of nitrogens with zero attached hydrogens (tertiary/aromatic N) is 1. The molecular weight excluding hydrogens is 425 g/mol. The molecular formula is C23H23F3N2O4. The molecule has 32 heavy (non-hydrogen) atoms. The summed E-state index contributed by atoms with van der Waals surface area (Å²) in [6, 6.07) is 7.84. The summed E-state index contributed by atoms with van der Waals surface area (Å²) in [6.45, 7) is 1.13. The van der Waals surface area contributed by atoms with Crippen molar-refractivity contribution in [3.8, 4) is 11.5 Å². The molecule has 1 heterocycles. The number of ether oxygens (including phenoxy) is 2. The van der Waals surface area contributed by atoms with Crippen molar-refractivity contribution in [3.63, 3.8) is 0 Å². The predicted molar refractivity (Wildman–Crippen MR) is 113 cm³/mol. The van der Waals surface area contributed by atoms with Crippen molar-refractivity contribution in [1.82, 2.24) is 9.88 Å². The van der Waals surface area contributed by atoms with Crippen molar-refractivity contribution in [2.45, 2.75) is 33.3 Å². The number of benzene rings is 2. The van der Waals surface area contributed by atoms with Crippen LogP contribution >= 0.6 is 0 Å². The number of carbonyl (C=O) groups excluding carboxylic acids is 2. The maximum Gasteiger partial charge on any atom is 0.387 e. The largest absolute Gasteiger partial charge is 0.494 e. The number of fused-ring (bicyclic) bond motifs is 1. The second-order valence-corrected chi connectivity index (χ2v) is 7.14. The number of hydrogen-bond donors (Lipinski definition) is 1. The number of alkyl halides is 2. The highest BCUT2D eigenvalue weighted by Gasteiger charge is 2.23. The fraction of sp³-hybridized carbons (Fsp3) is 0.304. The summed E-state index contributed by atoms with van der Waals surface area (Å²) in [7, 11) is 1.33. The summed E-state index contributed by atoms with van der Waals surface area (Å²) in [6.07, 6.45) is 0.772. The second kappa shape index (κ2) is 9.76. The highest BCUT2D eigenvalue weighted by molar-refractivity contribution is 6.05. The van der Waals surface area contributed by atoms with Gasteiger partial charge in [-0.25, -0.2) is 4.39 Å². The molecule has 3 rings (SSSR count). The number of methoxy groups -OCH3 is 1. The summed E-state index contributed by atoms with van der Waals surface area (Å²) >= 11 is 0. The van der Waals surface area contributed by atoms with Crippen LogP contribution in [0.3, 0.4) is 0 Å². The minimum Gasteiger partial charge on any atom is -0.494 e. The van der Waals surface area contributed by atoms with E-state index in [4.69, 9.17) is 4.74 Å². The number of hydrogen-bond acceptors (Lipinski definition) is 4. The summed E-state index contributed by atoms with van der Waals surface area (Å²) in [4.78, 5) is 25.6. The Bertz CT molecular complexity index is 1140. The summed E-state index contributed by atoms with van der Waals surface area (Å²) < 4.78 is 50.0. The Morgan fingerprint density at radius 1 is 1.16 bits per heavy atom. The van der Waals surface area contributed by atoms with E-state index < -0.39 is 18.3 Å². The number of carbonyl (C=O) groups is 2. The normalized spacial score (nSPS) is 11.1. The zero-order valence-electron chi connectivity index (χ0n) is 17.9. The number of rotatable bonds is 8. The van der Waals surface area contributed by atoms with E-state index in [-0.39, 0.29) is 34.9 Å². The van der Waals surface area contributed by atoms with Gasteiger partial charge in [-0.3, -0.25) is 14.2 Å². The third kappa shape index (κ3) is 4.71. The van der Waals surface area contributed by atoms with Crippen LogP contribution in [-0.2, 0) is 11.2 Å². The van der Waals surface area contributed by atoms with Gasteiger partial charge in [-0.1, -0.05) is 6.92 Å². The van der Waals surface area contributed by atoms with E-state index in [0.29, 0.717) is 23.2 Å². The topological polar surface area (TPSA) is 69.6 Å². The van der Waals surface area contributed by atoms with E-state index >= 15 is 0 Å². The first-order valence-electron chi connectivity index (χ1n) is 10.0.